The first kappa shape index (κ1) is 13.2. The van der Waals surface area contributed by atoms with E-state index in [4.69, 9.17) is 0 Å². The van der Waals surface area contributed by atoms with E-state index in [2.05, 4.69) is 4.98 Å². The highest BCUT2D eigenvalue weighted by molar-refractivity contribution is 7.15. The third kappa shape index (κ3) is 2.58. The maximum Gasteiger partial charge on any atom is 0.427 e. The van der Waals surface area contributed by atoms with E-state index in [1.807, 2.05) is 0 Å². The number of anilines is 1. The average molecular weight is 292 g/mol. The van der Waals surface area contributed by atoms with Gasteiger partial charge in [-0.2, -0.15) is 13.2 Å². The fourth-order valence-corrected chi connectivity index (χ4v) is 3.53. The van der Waals surface area contributed by atoms with Crippen molar-refractivity contribution in [1.82, 2.24) is 4.98 Å². The molecule has 3 nitrogen and oxygen atoms in total. The van der Waals surface area contributed by atoms with Crippen molar-refractivity contribution in [2.24, 2.45) is 5.92 Å². The lowest BCUT2D eigenvalue weighted by atomic mass is 9.88. The van der Waals surface area contributed by atoms with E-state index in [1.165, 1.54) is 0 Å². The molecule has 2 fully saturated rings. The molecular weight excluding hydrogens is 277 g/mol. The number of β-amino-alcohol motifs (C(OH)–C–C–N with tert-alkyl or cyclic N) is 1. The Labute approximate surface area is 113 Å². The zero-order valence-corrected chi connectivity index (χ0v) is 11.1. The topological polar surface area (TPSA) is 36.4 Å². The molecule has 1 saturated heterocycles. The minimum Gasteiger partial charge on any atom is -0.388 e. The largest absolute Gasteiger partial charge is 0.427 e. The summed E-state index contributed by atoms with van der Waals surface area (Å²) in [5.41, 5.74) is -0.734. The molecule has 106 valence electrons. The van der Waals surface area contributed by atoms with Gasteiger partial charge in [0.05, 0.1) is 11.8 Å². The van der Waals surface area contributed by atoms with Crippen LogP contribution in [0.4, 0.5) is 18.3 Å². The van der Waals surface area contributed by atoms with Gasteiger partial charge in [0.1, 0.15) is 4.88 Å². The Bertz CT molecular complexity index is 472. The number of rotatable bonds is 2. The normalized spacial score (nSPS) is 28.7. The molecule has 3 rings (SSSR count). The van der Waals surface area contributed by atoms with Crippen LogP contribution < -0.4 is 4.90 Å². The quantitative estimate of drug-likeness (QED) is 0.910. The van der Waals surface area contributed by atoms with Crippen molar-refractivity contribution >= 4 is 16.5 Å². The fourth-order valence-electron chi connectivity index (χ4n) is 2.72. The second-order valence-electron chi connectivity index (χ2n) is 5.41. The molecule has 1 N–H and O–H groups in total. The van der Waals surface area contributed by atoms with E-state index < -0.39 is 16.7 Å². The van der Waals surface area contributed by atoms with Crippen molar-refractivity contribution in [1.29, 1.82) is 0 Å². The Balaban J connectivity index is 1.76. The standard InChI is InChI=1S/C12H15F3N2OS/c13-12(14,15)9-6-16-10(19-9)17-5-1-4-11(18,7-17)8-2-3-8/h6,8,18H,1-5,7H2. The van der Waals surface area contributed by atoms with Gasteiger partial charge in [-0.15, -0.1) is 0 Å². The Hall–Kier alpha value is -0.820. The first-order valence-corrected chi connectivity index (χ1v) is 7.20. The third-order valence-electron chi connectivity index (χ3n) is 3.88. The molecule has 0 radical (unpaired) electrons. The molecule has 2 heterocycles. The SMILES string of the molecule is OC1(C2CC2)CCCN(c2ncc(C(F)(F)F)s2)C1. The molecule has 1 aliphatic carbocycles. The Morgan fingerprint density at radius 2 is 2.16 bits per heavy atom. The highest BCUT2D eigenvalue weighted by atomic mass is 32.1. The summed E-state index contributed by atoms with van der Waals surface area (Å²) in [4.78, 5) is 4.98. The van der Waals surface area contributed by atoms with Gasteiger partial charge in [-0.05, 0) is 31.6 Å². The van der Waals surface area contributed by atoms with Gasteiger partial charge in [-0.25, -0.2) is 4.98 Å². The van der Waals surface area contributed by atoms with E-state index >= 15 is 0 Å². The molecule has 19 heavy (non-hydrogen) atoms. The minimum absolute atomic E-state index is 0.317. The van der Waals surface area contributed by atoms with Crippen LogP contribution in [-0.2, 0) is 6.18 Å². The number of piperidine rings is 1. The van der Waals surface area contributed by atoms with Crippen molar-refractivity contribution in [3.8, 4) is 0 Å². The lowest BCUT2D eigenvalue weighted by molar-refractivity contribution is -0.134. The molecule has 0 bridgehead atoms. The number of nitrogens with zero attached hydrogens (tertiary/aromatic N) is 2. The summed E-state index contributed by atoms with van der Waals surface area (Å²) in [6, 6.07) is 0. The van der Waals surface area contributed by atoms with E-state index in [9.17, 15) is 18.3 Å². The molecule has 0 aromatic carbocycles. The molecule has 1 aromatic heterocycles. The van der Waals surface area contributed by atoms with Gasteiger partial charge in [0.15, 0.2) is 5.13 Å². The minimum atomic E-state index is -4.33. The molecule has 1 aliphatic heterocycles. The highest BCUT2D eigenvalue weighted by Gasteiger charge is 2.46. The number of hydrogen-bond acceptors (Lipinski definition) is 4. The van der Waals surface area contributed by atoms with Crippen molar-refractivity contribution in [2.75, 3.05) is 18.0 Å². The summed E-state index contributed by atoms with van der Waals surface area (Å²) in [5, 5.41) is 10.9. The second kappa shape index (κ2) is 4.34. The van der Waals surface area contributed by atoms with E-state index in [0.717, 1.165) is 31.9 Å². The summed E-state index contributed by atoms with van der Waals surface area (Å²) < 4.78 is 37.7. The van der Waals surface area contributed by atoms with Gasteiger partial charge < -0.3 is 10.0 Å². The summed E-state index contributed by atoms with van der Waals surface area (Å²) in [5.74, 6) is 0.317. The maximum absolute atomic E-state index is 12.6. The van der Waals surface area contributed by atoms with Crippen LogP contribution in [0.15, 0.2) is 6.20 Å². The predicted molar refractivity (Wildman–Crippen MR) is 66.2 cm³/mol. The maximum atomic E-state index is 12.6. The molecule has 1 atom stereocenters. The number of aromatic nitrogens is 1. The van der Waals surface area contributed by atoms with Gasteiger partial charge in [-0.1, -0.05) is 11.3 Å². The summed E-state index contributed by atoms with van der Waals surface area (Å²) in [6.07, 6.45) is 0.134. The van der Waals surface area contributed by atoms with E-state index in [-0.39, 0.29) is 0 Å². The average Bonchev–Trinajstić information content (AvgIpc) is 3.06. The summed E-state index contributed by atoms with van der Waals surface area (Å²) in [7, 11) is 0. The van der Waals surface area contributed by atoms with Gasteiger partial charge in [-0.3, -0.25) is 0 Å². The fraction of sp³-hybridized carbons (Fsp3) is 0.750. The molecule has 0 amide bonds. The first-order chi connectivity index (χ1) is 8.88. The monoisotopic (exact) mass is 292 g/mol. The van der Waals surface area contributed by atoms with Crippen molar-refractivity contribution in [3.63, 3.8) is 0 Å². The number of alkyl halides is 3. The van der Waals surface area contributed by atoms with Crippen molar-refractivity contribution in [3.05, 3.63) is 11.1 Å². The summed E-state index contributed by atoms with van der Waals surface area (Å²) >= 11 is 0.658. The highest BCUT2D eigenvalue weighted by Crippen LogP contribution is 2.45. The number of halogens is 3. The van der Waals surface area contributed by atoms with Crippen LogP contribution >= 0.6 is 11.3 Å². The molecule has 2 aliphatic rings. The second-order valence-corrected chi connectivity index (χ2v) is 6.42. The van der Waals surface area contributed by atoms with Crippen LogP contribution in [-0.4, -0.2) is 28.8 Å². The first-order valence-electron chi connectivity index (χ1n) is 6.39. The molecule has 0 spiro atoms. The lowest BCUT2D eigenvalue weighted by Crippen LogP contribution is -2.49. The van der Waals surface area contributed by atoms with Gasteiger partial charge in [0.25, 0.3) is 0 Å². The van der Waals surface area contributed by atoms with E-state index in [0.29, 0.717) is 35.5 Å². The lowest BCUT2D eigenvalue weighted by Gasteiger charge is -2.39. The van der Waals surface area contributed by atoms with Crippen LogP contribution in [0.3, 0.4) is 0 Å². The Kier molecular flexibility index (Phi) is 3.01. The van der Waals surface area contributed by atoms with Crippen molar-refractivity contribution < 1.29 is 18.3 Å². The van der Waals surface area contributed by atoms with E-state index in [1.54, 1.807) is 4.90 Å². The molecule has 7 heteroatoms. The Morgan fingerprint density at radius 3 is 2.74 bits per heavy atom. The predicted octanol–water partition coefficient (Wildman–Crippen LogP) is 2.90. The molecule has 1 unspecified atom stereocenters. The zero-order chi connectivity index (χ0) is 13.7. The van der Waals surface area contributed by atoms with Gasteiger partial charge in [0, 0.05) is 13.1 Å². The smallest absolute Gasteiger partial charge is 0.388 e. The van der Waals surface area contributed by atoms with Gasteiger partial charge in [0.2, 0.25) is 0 Å². The molecule has 1 aromatic rings. The third-order valence-corrected chi connectivity index (χ3v) is 4.99. The summed E-state index contributed by atoms with van der Waals surface area (Å²) in [6.45, 7) is 1.07. The zero-order valence-electron chi connectivity index (χ0n) is 10.3. The van der Waals surface area contributed by atoms with Crippen LogP contribution in [0.1, 0.15) is 30.6 Å². The van der Waals surface area contributed by atoms with Crippen LogP contribution in [0.5, 0.6) is 0 Å². The van der Waals surface area contributed by atoms with Gasteiger partial charge >= 0.3 is 6.18 Å². The number of hydrogen-bond donors (Lipinski definition) is 1. The van der Waals surface area contributed by atoms with Crippen LogP contribution in [0.2, 0.25) is 0 Å². The van der Waals surface area contributed by atoms with Crippen LogP contribution in [0.25, 0.3) is 0 Å². The Morgan fingerprint density at radius 1 is 1.42 bits per heavy atom. The molecular formula is C12H15F3N2OS. The number of aliphatic hydroxyl groups is 1. The van der Waals surface area contributed by atoms with Crippen LogP contribution in [0, 0.1) is 5.92 Å². The van der Waals surface area contributed by atoms with Crippen molar-refractivity contribution in [2.45, 2.75) is 37.5 Å². The number of thiazole rings is 1. The molecule has 1 saturated carbocycles.